The van der Waals surface area contributed by atoms with Crippen LogP contribution in [0.2, 0.25) is 0 Å². The number of amides is 1. The molecule has 3 rings (SSSR count). The minimum Gasteiger partial charge on any atom is -0.374 e. The van der Waals surface area contributed by atoms with Gasteiger partial charge in [0.05, 0.1) is 17.1 Å². The number of halogens is 2. The predicted octanol–water partition coefficient (Wildman–Crippen LogP) is 1.91. The molecule has 0 spiro atoms. The topological polar surface area (TPSA) is 69.7 Å². The molecule has 9 heteroatoms. The zero-order valence-electron chi connectivity index (χ0n) is 14.4. The van der Waals surface area contributed by atoms with Gasteiger partial charge in [-0.05, 0) is 24.3 Å². The molecular weight excluding hydrogens is 376 g/mol. The van der Waals surface area contributed by atoms with Crippen LogP contribution in [0.25, 0.3) is 0 Å². The summed E-state index contributed by atoms with van der Waals surface area (Å²) in [6.45, 7) is 0.715. The Morgan fingerprint density at radius 3 is 2.30 bits per heavy atom. The van der Waals surface area contributed by atoms with Gasteiger partial charge >= 0.3 is 0 Å². The van der Waals surface area contributed by atoms with Gasteiger partial charge in [0.1, 0.15) is 11.6 Å². The third kappa shape index (κ3) is 4.42. The monoisotopic (exact) mass is 395 g/mol. The summed E-state index contributed by atoms with van der Waals surface area (Å²) in [5.41, 5.74) is 0.0371. The van der Waals surface area contributed by atoms with Crippen molar-refractivity contribution in [3.8, 4) is 0 Å². The van der Waals surface area contributed by atoms with Crippen molar-refractivity contribution >= 4 is 21.6 Å². The number of piperazine rings is 1. The highest BCUT2D eigenvalue weighted by Crippen LogP contribution is 2.18. The van der Waals surface area contributed by atoms with Crippen LogP contribution in [0.5, 0.6) is 0 Å². The Labute approximate surface area is 156 Å². The van der Waals surface area contributed by atoms with Crippen molar-refractivity contribution < 1.29 is 22.0 Å². The summed E-state index contributed by atoms with van der Waals surface area (Å²) in [5, 5.41) is 2.64. The van der Waals surface area contributed by atoms with E-state index in [2.05, 4.69) is 5.32 Å². The van der Waals surface area contributed by atoms with Gasteiger partial charge in [-0.2, -0.15) is 4.31 Å². The maximum Gasteiger partial charge on any atom is 0.243 e. The molecule has 0 atom stereocenters. The average Bonchev–Trinajstić information content (AvgIpc) is 2.68. The molecule has 0 radical (unpaired) electrons. The largest absolute Gasteiger partial charge is 0.374 e. The molecule has 1 N–H and O–H groups in total. The fourth-order valence-electron chi connectivity index (χ4n) is 2.83. The molecule has 0 aliphatic carbocycles. The van der Waals surface area contributed by atoms with Crippen molar-refractivity contribution in [1.29, 1.82) is 0 Å². The van der Waals surface area contributed by atoms with Crippen LogP contribution in [-0.2, 0) is 14.8 Å². The first-order valence-electron chi connectivity index (χ1n) is 8.40. The fourth-order valence-corrected chi connectivity index (χ4v) is 4.28. The number of nitrogens with zero attached hydrogens (tertiary/aromatic N) is 2. The highest BCUT2D eigenvalue weighted by molar-refractivity contribution is 7.89. The third-order valence-electron chi connectivity index (χ3n) is 4.33. The van der Waals surface area contributed by atoms with Crippen LogP contribution < -0.4 is 5.32 Å². The standard InChI is InChI=1S/C18H19F2N3O3S/c19-14-6-7-17(16(20)12-14)21-13-18(24)22-8-10-23(11-9-22)27(25,26)15-4-2-1-3-5-15/h1-7,12,21H,8-11,13H2. The number of benzene rings is 2. The number of hydrogen-bond acceptors (Lipinski definition) is 4. The molecule has 1 fully saturated rings. The molecule has 0 unspecified atom stereocenters. The lowest BCUT2D eigenvalue weighted by molar-refractivity contribution is -0.130. The molecule has 0 bridgehead atoms. The molecule has 144 valence electrons. The van der Waals surface area contributed by atoms with Gasteiger partial charge in [0, 0.05) is 32.2 Å². The van der Waals surface area contributed by atoms with Gasteiger partial charge in [-0.25, -0.2) is 17.2 Å². The quantitative estimate of drug-likeness (QED) is 0.840. The maximum absolute atomic E-state index is 13.6. The van der Waals surface area contributed by atoms with Crippen molar-refractivity contribution in [3.63, 3.8) is 0 Å². The van der Waals surface area contributed by atoms with Gasteiger partial charge in [-0.3, -0.25) is 4.79 Å². The minimum absolute atomic E-state index is 0.0371. The summed E-state index contributed by atoms with van der Waals surface area (Å²) in [6, 6.07) is 11.2. The molecule has 1 heterocycles. The van der Waals surface area contributed by atoms with Gasteiger partial charge < -0.3 is 10.2 Å². The number of nitrogens with one attached hydrogen (secondary N) is 1. The summed E-state index contributed by atoms with van der Waals surface area (Å²) in [7, 11) is -3.58. The number of carbonyl (C=O) groups is 1. The van der Waals surface area contributed by atoms with Crippen molar-refractivity contribution in [2.45, 2.75) is 4.90 Å². The Kier molecular flexibility index (Phi) is 5.71. The van der Waals surface area contributed by atoms with E-state index in [1.54, 1.807) is 18.2 Å². The first-order valence-corrected chi connectivity index (χ1v) is 9.84. The molecule has 27 heavy (non-hydrogen) atoms. The van der Waals surface area contributed by atoms with Crippen molar-refractivity contribution in [2.75, 3.05) is 38.0 Å². The smallest absolute Gasteiger partial charge is 0.243 e. The van der Waals surface area contributed by atoms with Gasteiger partial charge in [-0.15, -0.1) is 0 Å². The molecule has 1 amide bonds. The van der Waals surface area contributed by atoms with Crippen molar-refractivity contribution in [2.24, 2.45) is 0 Å². The second-order valence-electron chi connectivity index (χ2n) is 6.08. The number of rotatable bonds is 5. The van der Waals surface area contributed by atoms with E-state index in [0.717, 1.165) is 12.1 Å². The Hall–Kier alpha value is -2.52. The van der Waals surface area contributed by atoms with Crippen LogP contribution in [0.15, 0.2) is 53.4 Å². The Morgan fingerprint density at radius 2 is 1.67 bits per heavy atom. The lowest BCUT2D eigenvalue weighted by Gasteiger charge is -2.34. The normalized spacial score (nSPS) is 15.6. The van der Waals surface area contributed by atoms with Crippen LogP contribution in [-0.4, -0.2) is 56.3 Å². The van der Waals surface area contributed by atoms with Crippen molar-refractivity contribution in [3.05, 3.63) is 60.2 Å². The van der Waals surface area contributed by atoms with E-state index < -0.39 is 21.7 Å². The van der Waals surface area contributed by atoms with E-state index >= 15 is 0 Å². The Bertz CT molecular complexity index is 915. The number of sulfonamides is 1. The summed E-state index contributed by atoms with van der Waals surface area (Å²) in [6.07, 6.45) is 0. The number of hydrogen-bond donors (Lipinski definition) is 1. The minimum atomic E-state index is -3.58. The van der Waals surface area contributed by atoms with Crippen molar-refractivity contribution in [1.82, 2.24) is 9.21 Å². The second kappa shape index (κ2) is 8.01. The fraction of sp³-hybridized carbons (Fsp3) is 0.278. The van der Waals surface area contributed by atoms with Crippen LogP contribution in [0.3, 0.4) is 0 Å². The van der Waals surface area contributed by atoms with E-state index in [4.69, 9.17) is 0 Å². The molecule has 2 aromatic rings. The molecule has 1 aliphatic rings. The predicted molar refractivity (Wildman–Crippen MR) is 96.6 cm³/mol. The summed E-state index contributed by atoms with van der Waals surface area (Å²) in [5.74, 6) is -1.75. The van der Waals surface area contributed by atoms with Gasteiger partial charge in [-0.1, -0.05) is 18.2 Å². The maximum atomic E-state index is 13.6. The zero-order valence-corrected chi connectivity index (χ0v) is 15.3. The van der Waals surface area contributed by atoms with E-state index in [1.807, 2.05) is 0 Å². The van der Waals surface area contributed by atoms with Gasteiger partial charge in [0.2, 0.25) is 15.9 Å². The van der Waals surface area contributed by atoms with E-state index in [-0.39, 0.29) is 49.2 Å². The molecular formula is C18H19F2N3O3S. The molecule has 2 aromatic carbocycles. The van der Waals surface area contributed by atoms with Gasteiger partial charge in [0.25, 0.3) is 0 Å². The Morgan fingerprint density at radius 1 is 1.00 bits per heavy atom. The van der Waals surface area contributed by atoms with E-state index in [1.165, 1.54) is 27.4 Å². The van der Waals surface area contributed by atoms with Crippen LogP contribution in [0.4, 0.5) is 14.5 Å². The lowest BCUT2D eigenvalue weighted by atomic mass is 10.3. The van der Waals surface area contributed by atoms with Crippen LogP contribution in [0, 0.1) is 11.6 Å². The van der Waals surface area contributed by atoms with Gasteiger partial charge in [0.15, 0.2) is 0 Å². The molecule has 0 aromatic heterocycles. The van der Waals surface area contributed by atoms with Crippen LogP contribution >= 0.6 is 0 Å². The second-order valence-corrected chi connectivity index (χ2v) is 8.01. The Balaban J connectivity index is 1.55. The first-order chi connectivity index (χ1) is 12.9. The first kappa shape index (κ1) is 19.2. The third-order valence-corrected chi connectivity index (χ3v) is 6.25. The molecule has 6 nitrogen and oxygen atoms in total. The molecule has 1 saturated heterocycles. The van der Waals surface area contributed by atoms with E-state index in [0.29, 0.717) is 0 Å². The SMILES string of the molecule is O=C(CNc1ccc(F)cc1F)N1CCN(S(=O)(=O)c2ccccc2)CC1. The zero-order chi connectivity index (χ0) is 19.4. The highest BCUT2D eigenvalue weighted by Gasteiger charge is 2.29. The summed E-state index contributed by atoms with van der Waals surface area (Å²) < 4.78 is 53.0. The number of anilines is 1. The molecule has 1 aliphatic heterocycles. The summed E-state index contributed by atoms with van der Waals surface area (Å²) in [4.78, 5) is 14.0. The highest BCUT2D eigenvalue weighted by atomic mass is 32.2. The average molecular weight is 395 g/mol. The lowest BCUT2D eigenvalue weighted by Crippen LogP contribution is -2.51. The number of carbonyl (C=O) groups excluding carboxylic acids is 1. The van der Waals surface area contributed by atoms with Crippen LogP contribution in [0.1, 0.15) is 0 Å². The van der Waals surface area contributed by atoms with E-state index in [9.17, 15) is 22.0 Å². The molecule has 0 saturated carbocycles. The summed E-state index contributed by atoms with van der Waals surface area (Å²) >= 11 is 0.